The first-order valence-corrected chi connectivity index (χ1v) is 8.70. The topological polar surface area (TPSA) is 72.2 Å². The summed E-state index contributed by atoms with van der Waals surface area (Å²) < 4.78 is 15.0. The number of aryl methyl sites for hydroxylation is 2. The monoisotopic (exact) mass is 367 g/mol. The molecule has 4 rings (SSSR count). The van der Waals surface area contributed by atoms with Crippen LogP contribution in [-0.2, 0) is 0 Å². The van der Waals surface area contributed by atoms with Gasteiger partial charge in [0.15, 0.2) is 5.82 Å². The van der Waals surface area contributed by atoms with E-state index in [1.165, 1.54) is 29.5 Å². The number of nitrogens with one attached hydrogen (secondary N) is 1. The number of anilines is 1. The van der Waals surface area contributed by atoms with Crippen molar-refractivity contribution in [2.24, 2.45) is 0 Å². The van der Waals surface area contributed by atoms with Crippen LogP contribution in [-0.4, -0.2) is 25.7 Å². The Bertz CT molecular complexity index is 1130. The maximum absolute atomic E-state index is 13.3. The summed E-state index contributed by atoms with van der Waals surface area (Å²) in [6, 6.07) is 11.3. The minimum Gasteiger partial charge on any atom is -0.322 e. The van der Waals surface area contributed by atoms with Crippen LogP contribution in [0.4, 0.5) is 10.1 Å². The van der Waals surface area contributed by atoms with Crippen LogP contribution < -0.4 is 5.32 Å². The molecule has 1 N–H and O–H groups in total. The summed E-state index contributed by atoms with van der Waals surface area (Å²) in [5.41, 5.74) is 2.68. The normalized spacial score (nSPS) is 11.0. The minimum absolute atomic E-state index is 0.268. The summed E-state index contributed by atoms with van der Waals surface area (Å²) in [5.74, 6) is -0.0915. The first-order chi connectivity index (χ1) is 12.5. The van der Waals surface area contributed by atoms with Crippen LogP contribution in [0.15, 0.2) is 42.5 Å². The Morgan fingerprint density at radius 1 is 1.15 bits per heavy atom. The zero-order chi connectivity index (χ0) is 18.3. The largest absolute Gasteiger partial charge is 0.322 e. The van der Waals surface area contributed by atoms with E-state index in [1.54, 1.807) is 10.6 Å². The lowest BCUT2D eigenvalue weighted by Crippen LogP contribution is -2.13. The summed E-state index contributed by atoms with van der Waals surface area (Å²) in [6.45, 7) is 3.73. The number of aromatic nitrogens is 4. The fraction of sp³-hybridized carbons (Fsp3) is 0.111. The van der Waals surface area contributed by atoms with Gasteiger partial charge in [0, 0.05) is 16.8 Å². The standard InChI is InChI=1S/C18H14FN5OS/c1-10-6-7-13(17-23-24-11(2)21-22-18(24)26-17)9-15(10)20-16(25)12-4-3-5-14(19)8-12/h3-9H,1-2H3,(H,20,25). The van der Waals surface area contributed by atoms with Gasteiger partial charge in [-0.3, -0.25) is 4.79 Å². The number of hydrogen-bond donors (Lipinski definition) is 1. The number of carbonyl (C=O) groups is 1. The lowest BCUT2D eigenvalue weighted by atomic mass is 10.1. The maximum Gasteiger partial charge on any atom is 0.255 e. The summed E-state index contributed by atoms with van der Waals surface area (Å²) in [7, 11) is 0. The second-order valence-electron chi connectivity index (χ2n) is 5.84. The van der Waals surface area contributed by atoms with Crippen molar-refractivity contribution in [3.05, 3.63) is 65.2 Å². The molecule has 0 aliphatic rings. The van der Waals surface area contributed by atoms with Gasteiger partial charge in [-0.2, -0.15) is 9.61 Å². The number of fused-ring (bicyclic) bond motifs is 1. The quantitative estimate of drug-likeness (QED) is 0.597. The minimum atomic E-state index is -0.446. The Hall–Kier alpha value is -3.13. The number of carbonyl (C=O) groups excluding carboxylic acids is 1. The molecule has 0 aliphatic heterocycles. The van der Waals surface area contributed by atoms with Gasteiger partial charge < -0.3 is 5.32 Å². The Labute approximate surface area is 152 Å². The molecule has 0 unspecified atom stereocenters. The molecule has 0 bridgehead atoms. The van der Waals surface area contributed by atoms with Crippen molar-refractivity contribution in [1.82, 2.24) is 19.8 Å². The van der Waals surface area contributed by atoms with E-state index in [9.17, 15) is 9.18 Å². The van der Waals surface area contributed by atoms with Crippen molar-refractivity contribution in [3.63, 3.8) is 0 Å². The molecular formula is C18H14FN5OS. The van der Waals surface area contributed by atoms with E-state index in [1.807, 2.05) is 32.0 Å². The highest BCUT2D eigenvalue weighted by molar-refractivity contribution is 7.19. The highest BCUT2D eigenvalue weighted by Gasteiger charge is 2.13. The van der Waals surface area contributed by atoms with Crippen molar-refractivity contribution in [1.29, 1.82) is 0 Å². The first kappa shape index (κ1) is 16.3. The molecule has 6 nitrogen and oxygen atoms in total. The van der Waals surface area contributed by atoms with Crippen molar-refractivity contribution < 1.29 is 9.18 Å². The molecule has 130 valence electrons. The molecule has 0 atom stereocenters. The zero-order valence-electron chi connectivity index (χ0n) is 14.0. The second-order valence-corrected chi connectivity index (χ2v) is 6.80. The van der Waals surface area contributed by atoms with E-state index in [2.05, 4.69) is 20.6 Å². The third-order valence-corrected chi connectivity index (χ3v) is 4.91. The maximum atomic E-state index is 13.3. The van der Waals surface area contributed by atoms with Gasteiger partial charge in [0.05, 0.1) is 0 Å². The van der Waals surface area contributed by atoms with E-state index in [0.717, 1.165) is 16.1 Å². The second kappa shape index (κ2) is 6.30. The van der Waals surface area contributed by atoms with Gasteiger partial charge in [-0.15, -0.1) is 10.2 Å². The molecule has 0 saturated carbocycles. The molecule has 2 aromatic heterocycles. The fourth-order valence-electron chi connectivity index (χ4n) is 2.55. The van der Waals surface area contributed by atoms with Gasteiger partial charge in [-0.1, -0.05) is 29.5 Å². The Balaban J connectivity index is 1.66. The van der Waals surface area contributed by atoms with Crippen molar-refractivity contribution >= 4 is 27.9 Å². The van der Waals surface area contributed by atoms with Crippen LogP contribution >= 0.6 is 11.3 Å². The Kier molecular flexibility index (Phi) is 3.96. The lowest BCUT2D eigenvalue weighted by molar-refractivity contribution is 0.102. The van der Waals surface area contributed by atoms with Crippen LogP contribution in [0, 0.1) is 19.7 Å². The van der Waals surface area contributed by atoms with E-state index >= 15 is 0 Å². The molecule has 8 heteroatoms. The number of rotatable bonds is 3. The summed E-state index contributed by atoms with van der Waals surface area (Å²) in [4.78, 5) is 13.1. The number of halogens is 1. The van der Waals surface area contributed by atoms with Gasteiger partial charge in [0.1, 0.15) is 10.8 Å². The predicted molar refractivity (Wildman–Crippen MR) is 97.9 cm³/mol. The number of hydrogen-bond acceptors (Lipinski definition) is 5. The molecule has 2 heterocycles. The van der Waals surface area contributed by atoms with Gasteiger partial charge in [-0.05, 0) is 43.7 Å². The summed E-state index contributed by atoms with van der Waals surface area (Å²) in [5, 5.41) is 16.2. The van der Waals surface area contributed by atoms with Crippen LogP contribution in [0.2, 0.25) is 0 Å². The van der Waals surface area contributed by atoms with Crippen molar-refractivity contribution in [2.75, 3.05) is 5.32 Å². The highest BCUT2D eigenvalue weighted by Crippen LogP contribution is 2.29. The van der Waals surface area contributed by atoms with Gasteiger partial charge in [0.2, 0.25) is 4.96 Å². The molecule has 26 heavy (non-hydrogen) atoms. The third kappa shape index (κ3) is 2.95. The van der Waals surface area contributed by atoms with Crippen LogP contribution in [0.25, 0.3) is 15.5 Å². The predicted octanol–water partition coefficient (Wildman–Crippen LogP) is 3.86. The van der Waals surface area contributed by atoms with Crippen LogP contribution in [0.3, 0.4) is 0 Å². The third-order valence-electron chi connectivity index (χ3n) is 3.97. The number of amides is 1. The first-order valence-electron chi connectivity index (χ1n) is 7.88. The van der Waals surface area contributed by atoms with Gasteiger partial charge >= 0.3 is 0 Å². The van der Waals surface area contributed by atoms with Gasteiger partial charge in [-0.25, -0.2) is 4.39 Å². The van der Waals surface area contributed by atoms with Crippen molar-refractivity contribution in [3.8, 4) is 10.6 Å². The molecule has 0 radical (unpaired) electrons. The molecule has 0 fully saturated rings. The van der Waals surface area contributed by atoms with E-state index in [-0.39, 0.29) is 11.5 Å². The van der Waals surface area contributed by atoms with E-state index in [4.69, 9.17) is 0 Å². The molecule has 0 spiro atoms. The Morgan fingerprint density at radius 2 is 2.00 bits per heavy atom. The summed E-state index contributed by atoms with van der Waals surface area (Å²) >= 11 is 1.42. The molecule has 4 aromatic rings. The van der Waals surface area contributed by atoms with E-state index < -0.39 is 5.82 Å². The number of benzene rings is 2. The molecule has 1 amide bonds. The van der Waals surface area contributed by atoms with E-state index in [0.29, 0.717) is 16.5 Å². The van der Waals surface area contributed by atoms with Crippen molar-refractivity contribution in [2.45, 2.75) is 13.8 Å². The smallest absolute Gasteiger partial charge is 0.255 e. The average Bonchev–Trinajstić information content (AvgIpc) is 3.19. The molecule has 2 aromatic carbocycles. The zero-order valence-corrected chi connectivity index (χ0v) is 14.8. The molecular weight excluding hydrogens is 353 g/mol. The van der Waals surface area contributed by atoms with Gasteiger partial charge in [0.25, 0.3) is 5.91 Å². The Morgan fingerprint density at radius 3 is 2.77 bits per heavy atom. The average molecular weight is 367 g/mol. The molecule has 0 aliphatic carbocycles. The molecule has 0 saturated heterocycles. The van der Waals surface area contributed by atoms with Crippen LogP contribution in [0.5, 0.6) is 0 Å². The SMILES string of the molecule is Cc1ccc(-c2nn3c(C)nnc3s2)cc1NC(=O)c1cccc(F)c1. The van der Waals surface area contributed by atoms with Crippen LogP contribution in [0.1, 0.15) is 21.7 Å². The highest BCUT2D eigenvalue weighted by atomic mass is 32.1. The lowest BCUT2D eigenvalue weighted by Gasteiger charge is -2.10. The number of nitrogens with zero attached hydrogens (tertiary/aromatic N) is 4. The fourth-order valence-corrected chi connectivity index (χ4v) is 3.43. The summed E-state index contributed by atoms with van der Waals surface area (Å²) in [6.07, 6.45) is 0.